The summed E-state index contributed by atoms with van der Waals surface area (Å²) in [5.74, 6) is -0.363. The van der Waals surface area contributed by atoms with Gasteiger partial charge in [0.1, 0.15) is 5.41 Å². The molecule has 0 saturated carbocycles. The van der Waals surface area contributed by atoms with Gasteiger partial charge in [0.15, 0.2) is 0 Å². The first-order valence-corrected chi connectivity index (χ1v) is 7.53. The maximum Gasteiger partial charge on any atom is 0.331 e. The maximum absolute atomic E-state index is 12.7. The van der Waals surface area contributed by atoms with Gasteiger partial charge >= 0.3 is 6.03 Å². The predicted octanol–water partition coefficient (Wildman–Crippen LogP) is 2.70. The van der Waals surface area contributed by atoms with Crippen molar-refractivity contribution in [3.63, 3.8) is 0 Å². The van der Waals surface area contributed by atoms with Crippen molar-refractivity contribution in [3.8, 4) is 0 Å². The van der Waals surface area contributed by atoms with Crippen LogP contribution in [-0.4, -0.2) is 28.8 Å². The number of nitrogens with one attached hydrogen (secondary N) is 1. The summed E-state index contributed by atoms with van der Waals surface area (Å²) in [4.78, 5) is 38.0. The van der Waals surface area contributed by atoms with Crippen molar-refractivity contribution in [2.24, 2.45) is 11.3 Å². The Labute approximate surface area is 121 Å². The van der Waals surface area contributed by atoms with E-state index in [4.69, 9.17) is 0 Å². The molecule has 114 valence electrons. The van der Waals surface area contributed by atoms with Gasteiger partial charge in [0, 0.05) is 6.04 Å². The van der Waals surface area contributed by atoms with Gasteiger partial charge in [-0.05, 0) is 32.1 Å². The predicted molar refractivity (Wildman–Crippen MR) is 76.9 cm³/mol. The SMILES string of the molecule is CCC(C)CC(C)N1C(=O)NC(=O)C(CC)(CC)C1=O. The van der Waals surface area contributed by atoms with Crippen molar-refractivity contribution in [3.05, 3.63) is 0 Å². The highest BCUT2D eigenvalue weighted by Gasteiger charge is 2.52. The maximum atomic E-state index is 12.7. The molecule has 1 heterocycles. The molecule has 0 aromatic carbocycles. The molecule has 0 aromatic heterocycles. The number of carbonyl (C=O) groups excluding carboxylic acids is 3. The molecule has 1 N–H and O–H groups in total. The normalized spacial score (nSPS) is 21.6. The van der Waals surface area contributed by atoms with Crippen LogP contribution in [0.3, 0.4) is 0 Å². The molecule has 0 aromatic rings. The molecule has 1 saturated heterocycles. The van der Waals surface area contributed by atoms with E-state index in [1.54, 1.807) is 0 Å². The first-order valence-electron chi connectivity index (χ1n) is 7.53. The Morgan fingerprint density at radius 2 is 1.65 bits per heavy atom. The van der Waals surface area contributed by atoms with Crippen molar-refractivity contribution < 1.29 is 14.4 Å². The highest BCUT2D eigenvalue weighted by atomic mass is 16.2. The Bertz CT molecular complexity index is 402. The Kier molecular flexibility index (Phi) is 5.31. The summed E-state index contributed by atoms with van der Waals surface area (Å²) in [6.07, 6.45) is 2.58. The molecule has 4 amide bonds. The van der Waals surface area contributed by atoms with Gasteiger partial charge in [-0.3, -0.25) is 19.8 Å². The standard InChI is InChI=1S/C15H26N2O3/c1-6-10(4)9-11(5)17-13(19)15(7-2,8-3)12(18)16-14(17)20/h10-11H,6-9H2,1-5H3,(H,16,18,20). The summed E-state index contributed by atoms with van der Waals surface area (Å²) in [6, 6.07) is -0.767. The molecule has 1 rings (SSSR count). The van der Waals surface area contributed by atoms with Crippen LogP contribution in [0.25, 0.3) is 0 Å². The minimum Gasteiger partial charge on any atom is -0.277 e. The Morgan fingerprint density at radius 3 is 2.10 bits per heavy atom. The summed E-state index contributed by atoms with van der Waals surface area (Å²) < 4.78 is 0. The largest absolute Gasteiger partial charge is 0.331 e. The molecule has 0 aliphatic carbocycles. The van der Waals surface area contributed by atoms with Crippen LogP contribution in [-0.2, 0) is 9.59 Å². The summed E-state index contributed by atoms with van der Waals surface area (Å²) in [6.45, 7) is 9.68. The van der Waals surface area contributed by atoms with Gasteiger partial charge in [-0.1, -0.05) is 34.1 Å². The fourth-order valence-corrected chi connectivity index (χ4v) is 2.83. The number of hydrogen-bond acceptors (Lipinski definition) is 3. The van der Waals surface area contributed by atoms with Crippen LogP contribution < -0.4 is 5.32 Å². The lowest BCUT2D eigenvalue weighted by molar-refractivity contribution is -0.153. The lowest BCUT2D eigenvalue weighted by Gasteiger charge is -2.41. The lowest BCUT2D eigenvalue weighted by atomic mass is 9.78. The van der Waals surface area contributed by atoms with Crippen molar-refractivity contribution in [2.45, 2.75) is 66.3 Å². The smallest absolute Gasteiger partial charge is 0.277 e. The summed E-state index contributed by atoms with van der Waals surface area (Å²) >= 11 is 0. The summed E-state index contributed by atoms with van der Waals surface area (Å²) in [7, 11) is 0. The van der Waals surface area contributed by atoms with Crippen LogP contribution >= 0.6 is 0 Å². The molecule has 1 fully saturated rings. The van der Waals surface area contributed by atoms with E-state index in [9.17, 15) is 14.4 Å². The monoisotopic (exact) mass is 282 g/mol. The van der Waals surface area contributed by atoms with Gasteiger partial charge in [-0.2, -0.15) is 0 Å². The zero-order valence-corrected chi connectivity index (χ0v) is 13.2. The van der Waals surface area contributed by atoms with E-state index in [-0.39, 0.29) is 11.9 Å². The number of hydrogen-bond donors (Lipinski definition) is 1. The fourth-order valence-electron chi connectivity index (χ4n) is 2.83. The first-order chi connectivity index (χ1) is 9.33. The van der Waals surface area contributed by atoms with Crippen LogP contribution in [0.5, 0.6) is 0 Å². The van der Waals surface area contributed by atoms with E-state index in [2.05, 4.69) is 19.2 Å². The Morgan fingerprint density at radius 1 is 1.10 bits per heavy atom. The third-order valence-corrected chi connectivity index (χ3v) is 4.59. The molecule has 0 radical (unpaired) electrons. The number of amides is 4. The van der Waals surface area contributed by atoms with Crippen LogP contribution in [0, 0.1) is 11.3 Å². The number of barbiturate groups is 1. The van der Waals surface area contributed by atoms with Crippen molar-refractivity contribution >= 4 is 17.8 Å². The number of urea groups is 1. The van der Waals surface area contributed by atoms with E-state index < -0.39 is 17.4 Å². The van der Waals surface area contributed by atoms with Gasteiger partial charge in [0.05, 0.1) is 0 Å². The third-order valence-electron chi connectivity index (χ3n) is 4.59. The van der Waals surface area contributed by atoms with Crippen LogP contribution in [0.2, 0.25) is 0 Å². The molecular formula is C15H26N2O3. The first kappa shape index (κ1) is 16.7. The Hall–Kier alpha value is -1.39. The van der Waals surface area contributed by atoms with E-state index in [1.807, 2.05) is 20.8 Å². The fraction of sp³-hybridized carbons (Fsp3) is 0.800. The van der Waals surface area contributed by atoms with Crippen LogP contribution in [0.4, 0.5) is 4.79 Å². The van der Waals surface area contributed by atoms with Crippen molar-refractivity contribution in [2.75, 3.05) is 0 Å². The molecule has 2 atom stereocenters. The van der Waals surface area contributed by atoms with Gasteiger partial charge in [0.2, 0.25) is 11.8 Å². The average Bonchev–Trinajstić information content (AvgIpc) is 2.39. The van der Waals surface area contributed by atoms with E-state index in [1.165, 1.54) is 4.90 Å². The zero-order valence-electron chi connectivity index (χ0n) is 13.2. The molecule has 1 aliphatic rings. The molecule has 5 heteroatoms. The average molecular weight is 282 g/mol. The second-order valence-corrected chi connectivity index (χ2v) is 5.82. The minimum absolute atomic E-state index is 0.192. The van der Waals surface area contributed by atoms with Gasteiger partial charge in [-0.15, -0.1) is 0 Å². The molecule has 0 spiro atoms. The van der Waals surface area contributed by atoms with E-state index in [0.717, 1.165) is 12.8 Å². The molecular weight excluding hydrogens is 256 g/mol. The minimum atomic E-state index is -1.09. The van der Waals surface area contributed by atoms with Crippen molar-refractivity contribution in [1.82, 2.24) is 10.2 Å². The number of rotatable bonds is 6. The number of carbonyl (C=O) groups is 3. The lowest BCUT2D eigenvalue weighted by Crippen LogP contribution is -2.65. The van der Waals surface area contributed by atoms with E-state index in [0.29, 0.717) is 18.8 Å². The van der Waals surface area contributed by atoms with Gasteiger partial charge < -0.3 is 0 Å². The summed E-state index contributed by atoms with van der Waals surface area (Å²) in [5.41, 5.74) is -1.09. The molecule has 0 bridgehead atoms. The highest BCUT2D eigenvalue weighted by molar-refractivity contribution is 6.19. The summed E-state index contributed by atoms with van der Waals surface area (Å²) in [5, 5.41) is 2.35. The molecule has 20 heavy (non-hydrogen) atoms. The molecule has 2 unspecified atom stereocenters. The van der Waals surface area contributed by atoms with Crippen molar-refractivity contribution in [1.29, 1.82) is 0 Å². The second kappa shape index (κ2) is 6.37. The third kappa shape index (κ3) is 2.72. The highest BCUT2D eigenvalue weighted by Crippen LogP contribution is 2.34. The number of imide groups is 2. The molecule has 1 aliphatic heterocycles. The second-order valence-electron chi connectivity index (χ2n) is 5.82. The Balaban J connectivity index is 3.04. The van der Waals surface area contributed by atoms with E-state index >= 15 is 0 Å². The molecule has 5 nitrogen and oxygen atoms in total. The topological polar surface area (TPSA) is 66.5 Å². The number of nitrogens with zero attached hydrogens (tertiary/aromatic N) is 1. The van der Waals surface area contributed by atoms with Crippen LogP contribution in [0.15, 0.2) is 0 Å². The van der Waals surface area contributed by atoms with Gasteiger partial charge in [-0.25, -0.2) is 4.79 Å². The zero-order chi connectivity index (χ0) is 15.5. The van der Waals surface area contributed by atoms with Crippen LogP contribution in [0.1, 0.15) is 60.3 Å². The quantitative estimate of drug-likeness (QED) is 0.762. The van der Waals surface area contributed by atoms with Gasteiger partial charge in [0.25, 0.3) is 0 Å².